The third-order valence-corrected chi connectivity index (χ3v) is 3.79. The number of nitrogens with one attached hydrogen (secondary N) is 1. The Bertz CT molecular complexity index is 613. The SMILES string of the molecule is CCC(CC)NC(=O)c1cc(F)cc(S(N)(=O)=O)c1F. The van der Waals surface area contributed by atoms with Crippen LogP contribution in [-0.4, -0.2) is 20.4 Å². The van der Waals surface area contributed by atoms with Crippen LogP contribution in [-0.2, 0) is 10.0 Å². The van der Waals surface area contributed by atoms with E-state index in [2.05, 4.69) is 5.32 Å². The van der Waals surface area contributed by atoms with Gasteiger partial charge < -0.3 is 5.32 Å². The van der Waals surface area contributed by atoms with E-state index in [0.717, 1.165) is 0 Å². The summed E-state index contributed by atoms with van der Waals surface area (Å²) < 4.78 is 49.6. The molecule has 0 saturated heterocycles. The number of carbonyl (C=O) groups is 1. The highest BCUT2D eigenvalue weighted by Crippen LogP contribution is 2.19. The number of hydrogen-bond acceptors (Lipinski definition) is 3. The highest BCUT2D eigenvalue weighted by atomic mass is 32.2. The molecule has 0 heterocycles. The number of rotatable bonds is 5. The van der Waals surface area contributed by atoms with Gasteiger partial charge in [-0.1, -0.05) is 13.8 Å². The molecule has 0 fully saturated rings. The van der Waals surface area contributed by atoms with Gasteiger partial charge in [0.2, 0.25) is 10.0 Å². The molecule has 0 aromatic heterocycles. The lowest BCUT2D eigenvalue weighted by atomic mass is 10.1. The van der Waals surface area contributed by atoms with Gasteiger partial charge in [0, 0.05) is 6.04 Å². The first-order valence-corrected chi connectivity index (χ1v) is 7.58. The normalized spacial score (nSPS) is 11.7. The molecule has 1 amide bonds. The van der Waals surface area contributed by atoms with Crippen LogP contribution < -0.4 is 10.5 Å². The zero-order chi connectivity index (χ0) is 15.5. The lowest BCUT2D eigenvalue weighted by Gasteiger charge is -2.15. The molecule has 112 valence electrons. The van der Waals surface area contributed by atoms with Gasteiger partial charge >= 0.3 is 0 Å². The summed E-state index contributed by atoms with van der Waals surface area (Å²) in [7, 11) is -4.45. The van der Waals surface area contributed by atoms with E-state index in [1.165, 1.54) is 0 Å². The molecule has 1 aromatic rings. The van der Waals surface area contributed by atoms with Crippen LogP contribution in [0.5, 0.6) is 0 Å². The van der Waals surface area contributed by atoms with E-state index in [9.17, 15) is 22.0 Å². The number of amides is 1. The van der Waals surface area contributed by atoms with Gasteiger partial charge in [-0.3, -0.25) is 4.79 Å². The van der Waals surface area contributed by atoms with E-state index in [0.29, 0.717) is 25.0 Å². The predicted octanol–water partition coefficient (Wildman–Crippen LogP) is 1.53. The smallest absolute Gasteiger partial charge is 0.254 e. The Labute approximate surface area is 116 Å². The number of halogens is 2. The number of nitrogens with two attached hydrogens (primary N) is 1. The number of hydrogen-bond donors (Lipinski definition) is 2. The third kappa shape index (κ3) is 3.73. The number of carbonyl (C=O) groups excluding carboxylic acids is 1. The van der Waals surface area contributed by atoms with Crippen molar-refractivity contribution >= 4 is 15.9 Å². The molecule has 8 heteroatoms. The minimum atomic E-state index is -4.45. The van der Waals surface area contributed by atoms with Crippen LogP contribution in [0.2, 0.25) is 0 Å². The largest absolute Gasteiger partial charge is 0.349 e. The molecule has 0 spiro atoms. The first kappa shape index (κ1) is 16.5. The van der Waals surface area contributed by atoms with Gasteiger partial charge in [0.25, 0.3) is 5.91 Å². The van der Waals surface area contributed by atoms with E-state index in [-0.39, 0.29) is 6.04 Å². The van der Waals surface area contributed by atoms with Crippen molar-refractivity contribution in [3.63, 3.8) is 0 Å². The monoisotopic (exact) mass is 306 g/mol. The van der Waals surface area contributed by atoms with Gasteiger partial charge in [0.05, 0.1) is 5.56 Å². The second kappa shape index (κ2) is 6.27. The van der Waals surface area contributed by atoms with E-state index < -0.39 is 38.0 Å². The summed E-state index contributed by atoms with van der Waals surface area (Å²) in [6.07, 6.45) is 1.22. The molecular formula is C12H16F2N2O3S. The molecule has 0 aliphatic heterocycles. The lowest BCUT2D eigenvalue weighted by Crippen LogP contribution is -2.34. The highest BCUT2D eigenvalue weighted by molar-refractivity contribution is 7.89. The maximum atomic E-state index is 14.0. The standard InChI is InChI=1S/C12H16F2N2O3S/c1-3-8(4-2)16-12(17)9-5-7(13)6-10(11(9)14)20(15,18)19/h5-6,8H,3-4H2,1-2H3,(H,16,17)(H2,15,18,19). The van der Waals surface area contributed by atoms with Crippen molar-refractivity contribution in [2.45, 2.75) is 37.6 Å². The van der Waals surface area contributed by atoms with Crippen molar-refractivity contribution in [3.05, 3.63) is 29.3 Å². The Balaban J connectivity index is 3.26. The van der Waals surface area contributed by atoms with Crippen LogP contribution in [0, 0.1) is 11.6 Å². The predicted molar refractivity (Wildman–Crippen MR) is 69.6 cm³/mol. The van der Waals surface area contributed by atoms with E-state index in [4.69, 9.17) is 5.14 Å². The van der Waals surface area contributed by atoms with Crippen molar-refractivity contribution in [3.8, 4) is 0 Å². The molecule has 1 aromatic carbocycles. The molecule has 0 aliphatic rings. The summed E-state index contributed by atoms with van der Waals surface area (Å²) in [5, 5.41) is 7.28. The fraction of sp³-hybridized carbons (Fsp3) is 0.417. The fourth-order valence-electron chi connectivity index (χ4n) is 1.69. The molecule has 5 nitrogen and oxygen atoms in total. The minimum Gasteiger partial charge on any atom is -0.349 e. The van der Waals surface area contributed by atoms with Crippen LogP contribution in [0.3, 0.4) is 0 Å². The van der Waals surface area contributed by atoms with Crippen molar-refractivity contribution < 1.29 is 22.0 Å². The van der Waals surface area contributed by atoms with Crippen LogP contribution >= 0.6 is 0 Å². The van der Waals surface area contributed by atoms with Crippen LogP contribution in [0.4, 0.5) is 8.78 Å². The molecule has 1 rings (SSSR count). The average molecular weight is 306 g/mol. The van der Waals surface area contributed by atoms with Crippen molar-refractivity contribution in [2.75, 3.05) is 0 Å². The first-order valence-electron chi connectivity index (χ1n) is 6.03. The first-order chi connectivity index (χ1) is 9.20. The molecule has 20 heavy (non-hydrogen) atoms. The van der Waals surface area contributed by atoms with Crippen molar-refractivity contribution in [1.29, 1.82) is 0 Å². The summed E-state index contributed by atoms with van der Waals surface area (Å²) in [6, 6.07) is 0.878. The Morgan fingerprint density at radius 2 is 1.85 bits per heavy atom. The van der Waals surface area contributed by atoms with E-state index in [1.54, 1.807) is 0 Å². The Kier molecular flexibility index (Phi) is 5.18. The van der Waals surface area contributed by atoms with E-state index in [1.807, 2.05) is 13.8 Å². The second-order valence-corrected chi connectivity index (χ2v) is 5.83. The van der Waals surface area contributed by atoms with Crippen LogP contribution in [0.15, 0.2) is 17.0 Å². The molecule has 3 N–H and O–H groups in total. The van der Waals surface area contributed by atoms with E-state index >= 15 is 0 Å². The number of primary sulfonamides is 1. The molecule has 0 saturated carbocycles. The molecule has 0 unspecified atom stereocenters. The van der Waals surface area contributed by atoms with Gasteiger partial charge in [0.1, 0.15) is 10.7 Å². The molecule has 0 bridgehead atoms. The van der Waals surface area contributed by atoms with Crippen molar-refractivity contribution in [2.24, 2.45) is 5.14 Å². The van der Waals surface area contributed by atoms with Gasteiger partial charge in [-0.05, 0) is 25.0 Å². The molecule has 0 radical (unpaired) electrons. The topological polar surface area (TPSA) is 89.3 Å². The van der Waals surface area contributed by atoms with Gasteiger partial charge in [0.15, 0.2) is 5.82 Å². The third-order valence-electron chi connectivity index (χ3n) is 2.88. The summed E-state index contributed by atoms with van der Waals surface area (Å²) in [6.45, 7) is 3.65. The summed E-state index contributed by atoms with van der Waals surface area (Å²) in [5.74, 6) is -3.27. The maximum absolute atomic E-state index is 14.0. The Morgan fingerprint density at radius 1 is 1.30 bits per heavy atom. The van der Waals surface area contributed by atoms with Gasteiger partial charge in [-0.15, -0.1) is 0 Å². The lowest BCUT2D eigenvalue weighted by molar-refractivity contribution is 0.0929. The zero-order valence-electron chi connectivity index (χ0n) is 11.1. The Hall–Kier alpha value is -1.54. The number of sulfonamides is 1. The number of benzene rings is 1. The average Bonchev–Trinajstić information content (AvgIpc) is 2.36. The summed E-state index contributed by atoms with van der Waals surface area (Å²) in [4.78, 5) is 10.8. The maximum Gasteiger partial charge on any atom is 0.254 e. The molecular weight excluding hydrogens is 290 g/mol. The van der Waals surface area contributed by atoms with Crippen molar-refractivity contribution in [1.82, 2.24) is 5.32 Å². The fourth-order valence-corrected chi connectivity index (χ4v) is 2.33. The van der Waals surface area contributed by atoms with Gasteiger partial charge in [-0.2, -0.15) is 0 Å². The summed E-state index contributed by atoms with van der Waals surface area (Å²) in [5.41, 5.74) is -0.680. The summed E-state index contributed by atoms with van der Waals surface area (Å²) >= 11 is 0. The van der Waals surface area contributed by atoms with Crippen LogP contribution in [0.25, 0.3) is 0 Å². The quantitative estimate of drug-likeness (QED) is 0.864. The highest BCUT2D eigenvalue weighted by Gasteiger charge is 2.24. The zero-order valence-corrected chi connectivity index (χ0v) is 11.9. The Morgan fingerprint density at radius 3 is 2.30 bits per heavy atom. The van der Waals surface area contributed by atoms with Gasteiger partial charge in [-0.25, -0.2) is 22.3 Å². The molecule has 0 aliphatic carbocycles. The van der Waals surface area contributed by atoms with Crippen LogP contribution in [0.1, 0.15) is 37.0 Å². The minimum absolute atomic E-state index is 0.205. The second-order valence-electron chi connectivity index (χ2n) is 4.30. The molecule has 0 atom stereocenters.